The number of ether oxygens (including phenoxy) is 1. The maximum atomic E-state index is 6.13. The average molecular weight is 275 g/mol. The molecule has 0 amide bonds. The Labute approximate surface area is 117 Å². The Morgan fingerprint density at radius 1 is 1.37 bits per heavy atom. The van der Waals surface area contributed by atoms with Gasteiger partial charge in [-0.25, -0.2) is 4.98 Å². The van der Waals surface area contributed by atoms with Crippen molar-refractivity contribution in [3.63, 3.8) is 0 Å². The monoisotopic (exact) mass is 274 g/mol. The van der Waals surface area contributed by atoms with Gasteiger partial charge in [0.05, 0.1) is 0 Å². The number of allylic oxidation sites excluding steroid dienone is 1. The summed E-state index contributed by atoms with van der Waals surface area (Å²) in [4.78, 5) is 4.19. The van der Waals surface area contributed by atoms with E-state index < -0.39 is 0 Å². The second-order valence-corrected chi connectivity index (χ2v) is 4.38. The van der Waals surface area contributed by atoms with Gasteiger partial charge in [-0.15, -0.1) is 0 Å². The summed E-state index contributed by atoms with van der Waals surface area (Å²) >= 11 is 6.13. The minimum atomic E-state index is 0.385. The summed E-state index contributed by atoms with van der Waals surface area (Å²) in [6, 6.07) is 9.48. The van der Waals surface area contributed by atoms with Crippen LogP contribution in [0, 0.1) is 0 Å². The minimum absolute atomic E-state index is 0.385. The lowest BCUT2D eigenvalue weighted by Crippen LogP contribution is -1.98. The Kier molecular flexibility index (Phi) is 4.55. The van der Waals surface area contributed by atoms with Crippen LogP contribution in [-0.4, -0.2) is 4.98 Å². The number of hydrogen-bond acceptors (Lipinski definition) is 3. The molecule has 0 atom stereocenters. The first-order valence-electron chi connectivity index (χ1n) is 5.98. The van der Waals surface area contributed by atoms with Crippen LogP contribution in [-0.2, 0) is 6.54 Å². The number of pyridine rings is 1. The fourth-order valence-electron chi connectivity index (χ4n) is 1.65. The molecule has 2 N–H and O–H groups in total. The molecule has 1 aromatic heterocycles. The van der Waals surface area contributed by atoms with E-state index in [9.17, 15) is 0 Å². The molecular formula is C15H15ClN2O. The van der Waals surface area contributed by atoms with Crippen molar-refractivity contribution in [2.45, 2.75) is 13.5 Å². The number of aromatic nitrogens is 1. The van der Waals surface area contributed by atoms with Gasteiger partial charge >= 0.3 is 0 Å². The van der Waals surface area contributed by atoms with Gasteiger partial charge in [-0.2, -0.15) is 0 Å². The molecule has 98 valence electrons. The van der Waals surface area contributed by atoms with Crippen LogP contribution in [0.5, 0.6) is 11.6 Å². The van der Waals surface area contributed by atoms with Crippen LogP contribution in [0.25, 0.3) is 6.08 Å². The number of halogens is 1. The van der Waals surface area contributed by atoms with Crippen LogP contribution < -0.4 is 10.5 Å². The van der Waals surface area contributed by atoms with Crippen LogP contribution in [0.4, 0.5) is 0 Å². The summed E-state index contributed by atoms with van der Waals surface area (Å²) in [7, 11) is 0. The standard InChI is InChI=1S/C15H15ClN2O/c1-2-5-12-6-3-4-7-14(12)19-15-13(16)8-11(9-17)10-18-15/h2-8,10H,9,17H2,1H3. The average Bonchev–Trinajstić information content (AvgIpc) is 2.43. The van der Waals surface area contributed by atoms with E-state index in [2.05, 4.69) is 4.98 Å². The topological polar surface area (TPSA) is 48.1 Å². The van der Waals surface area contributed by atoms with Gasteiger partial charge in [0.1, 0.15) is 10.8 Å². The Morgan fingerprint density at radius 2 is 2.16 bits per heavy atom. The van der Waals surface area contributed by atoms with Crippen molar-refractivity contribution in [2.24, 2.45) is 5.73 Å². The maximum absolute atomic E-state index is 6.13. The van der Waals surface area contributed by atoms with E-state index in [1.165, 1.54) is 0 Å². The van der Waals surface area contributed by atoms with Crippen LogP contribution in [0.1, 0.15) is 18.1 Å². The Bertz CT molecular complexity index is 596. The third kappa shape index (κ3) is 3.34. The van der Waals surface area contributed by atoms with E-state index >= 15 is 0 Å². The van der Waals surface area contributed by atoms with E-state index in [1.807, 2.05) is 43.3 Å². The lowest BCUT2D eigenvalue weighted by Gasteiger charge is -2.09. The Morgan fingerprint density at radius 3 is 2.84 bits per heavy atom. The summed E-state index contributed by atoms with van der Waals surface area (Å²) in [5.41, 5.74) is 7.39. The fraction of sp³-hybridized carbons (Fsp3) is 0.133. The number of rotatable bonds is 4. The smallest absolute Gasteiger partial charge is 0.238 e. The third-order valence-corrected chi connectivity index (χ3v) is 2.84. The first kappa shape index (κ1) is 13.6. The van der Waals surface area contributed by atoms with E-state index in [4.69, 9.17) is 22.1 Å². The first-order valence-corrected chi connectivity index (χ1v) is 6.36. The first-order chi connectivity index (χ1) is 9.24. The SMILES string of the molecule is CC=Cc1ccccc1Oc1ncc(CN)cc1Cl. The number of nitrogens with two attached hydrogens (primary N) is 1. The van der Waals surface area contributed by atoms with Crippen molar-refractivity contribution in [3.8, 4) is 11.6 Å². The normalized spacial score (nSPS) is 10.9. The van der Waals surface area contributed by atoms with Crippen LogP contribution in [0.3, 0.4) is 0 Å². The Balaban J connectivity index is 2.31. The molecule has 19 heavy (non-hydrogen) atoms. The van der Waals surface area contributed by atoms with Crippen LogP contribution in [0.2, 0.25) is 5.02 Å². The highest BCUT2D eigenvalue weighted by molar-refractivity contribution is 6.31. The lowest BCUT2D eigenvalue weighted by molar-refractivity contribution is 0.462. The molecule has 2 rings (SSSR count). The maximum Gasteiger partial charge on any atom is 0.238 e. The number of nitrogens with zero attached hydrogens (tertiary/aromatic N) is 1. The van der Waals surface area contributed by atoms with Gasteiger partial charge in [0.25, 0.3) is 0 Å². The van der Waals surface area contributed by atoms with Gasteiger partial charge in [0, 0.05) is 18.3 Å². The molecule has 0 aliphatic carbocycles. The highest BCUT2D eigenvalue weighted by atomic mass is 35.5. The van der Waals surface area contributed by atoms with Crippen molar-refractivity contribution >= 4 is 17.7 Å². The van der Waals surface area contributed by atoms with Crippen molar-refractivity contribution in [3.05, 3.63) is 58.8 Å². The van der Waals surface area contributed by atoms with Gasteiger partial charge in [-0.05, 0) is 24.6 Å². The number of benzene rings is 1. The number of para-hydroxylation sites is 1. The molecule has 3 nitrogen and oxygen atoms in total. The Hall–Kier alpha value is -1.84. The molecule has 2 aromatic rings. The van der Waals surface area contributed by atoms with Crippen molar-refractivity contribution in [1.29, 1.82) is 0 Å². The molecule has 0 aliphatic heterocycles. The summed E-state index contributed by atoms with van der Waals surface area (Å²) < 4.78 is 5.76. The molecule has 1 aromatic carbocycles. The van der Waals surface area contributed by atoms with Crippen molar-refractivity contribution in [1.82, 2.24) is 4.98 Å². The molecule has 0 saturated carbocycles. The molecule has 0 fully saturated rings. The van der Waals surface area contributed by atoms with E-state index in [-0.39, 0.29) is 0 Å². The zero-order valence-electron chi connectivity index (χ0n) is 10.6. The third-order valence-electron chi connectivity index (χ3n) is 2.57. The molecule has 0 unspecified atom stereocenters. The molecule has 4 heteroatoms. The predicted molar refractivity (Wildman–Crippen MR) is 78.4 cm³/mol. The van der Waals surface area contributed by atoms with Gasteiger partial charge in [0.2, 0.25) is 5.88 Å². The second kappa shape index (κ2) is 6.36. The largest absolute Gasteiger partial charge is 0.437 e. The molecule has 0 radical (unpaired) electrons. The summed E-state index contributed by atoms with van der Waals surface area (Å²) in [6.45, 7) is 2.36. The molecular weight excluding hydrogens is 260 g/mol. The van der Waals surface area contributed by atoms with Crippen LogP contribution in [0.15, 0.2) is 42.6 Å². The highest BCUT2D eigenvalue weighted by Gasteiger charge is 2.07. The van der Waals surface area contributed by atoms with E-state index in [1.54, 1.807) is 12.3 Å². The van der Waals surface area contributed by atoms with Gasteiger partial charge in [0.15, 0.2) is 0 Å². The predicted octanol–water partition coefficient (Wildman–Crippen LogP) is 4.02. The molecule has 0 aliphatic rings. The quantitative estimate of drug-likeness (QED) is 0.916. The summed E-state index contributed by atoms with van der Waals surface area (Å²) in [5.74, 6) is 1.10. The summed E-state index contributed by atoms with van der Waals surface area (Å²) in [6.07, 6.45) is 5.59. The molecule has 0 bridgehead atoms. The number of hydrogen-bond donors (Lipinski definition) is 1. The zero-order valence-corrected chi connectivity index (χ0v) is 11.4. The van der Waals surface area contributed by atoms with Crippen molar-refractivity contribution < 1.29 is 4.74 Å². The fourth-order valence-corrected chi connectivity index (χ4v) is 1.87. The molecule has 0 spiro atoms. The van der Waals surface area contributed by atoms with E-state index in [0.29, 0.717) is 17.4 Å². The molecule has 0 saturated heterocycles. The zero-order chi connectivity index (χ0) is 13.7. The second-order valence-electron chi connectivity index (χ2n) is 3.97. The highest BCUT2D eigenvalue weighted by Crippen LogP contribution is 2.30. The van der Waals surface area contributed by atoms with Crippen LogP contribution >= 0.6 is 11.6 Å². The summed E-state index contributed by atoms with van der Waals surface area (Å²) in [5, 5.41) is 0.457. The molecule has 1 heterocycles. The minimum Gasteiger partial charge on any atom is -0.437 e. The van der Waals surface area contributed by atoms with Gasteiger partial charge in [-0.1, -0.05) is 42.0 Å². The van der Waals surface area contributed by atoms with Gasteiger partial charge < -0.3 is 10.5 Å². The lowest BCUT2D eigenvalue weighted by atomic mass is 10.2. The van der Waals surface area contributed by atoms with Crippen molar-refractivity contribution in [2.75, 3.05) is 0 Å². The van der Waals surface area contributed by atoms with Gasteiger partial charge in [-0.3, -0.25) is 0 Å². The van der Waals surface area contributed by atoms with E-state index in [0.717, 1.165) is 16.9 Å².